The van der Waals surface area contributed by atoms with Crippen molar-refractivity contribution in [3.8, 4) is 0 Å². The van der Waals surface area contributed by atoms with Crippen LogP contribution in [0.2, 0.25) is 0 Å². The highest BCUT2D eigenvalue weighted by molar-refractivity contribution is 7.10. The van der Waals surface area contributed by atoms with Crippen molar-refractivity contribution in [3.63, 3.8) is 0 Å². The summed E-state index contributed by atoms with van der Waals surface area (Å²) >= 11 is 1.42. The highest BCUT2D eigenvalue weighted by atomic mass is 32.1. The number of aromatic amines is 1. The van der Waals surface area contributed by atoms with E-state index in [-0.39, 0.29) is 17.3 Å². The number of para-hydroxylation sites is 2. The van der Waals surface area contributed by atoms with Gasteiger partial charge in [-0.25, -0.2) is 4.98 Å². The number of nitrogens with one attached hydrogen (secondary N) is 1. The molecule has 1 atom stereocenters. The van der Waals surface area contributed by atoms with Gasteiger partial charge in [0.2, 0.25) is 5.95 Å². The molecule has 2 aromatic heterocycles. The average Bonchev–Trinajstić information content (AvgIpc) is 3.48. The molecule has 1 aliphatic heterocycles. The van der Waals surface area contributed by atoms with E-state index < -0.39 is 17.7 Å². The number of anilines is 1. The molecule has 2 aromatic carbocycles. The van der Waals surface area contributed by atoms with Gasteiger partial charge in [0.05, 0.1) is 16.6 Å². The van der Waals surface area contributed by atoms with Crippen LogP contribution in [0.5, 0.6) is 0 Å². The van der Waals surface area contributed by atoms with Crippen molar-refractivity contribution >= 4 is 45.8 Å². The highest BCUT2D eigenvalue weighted by Crippen LogP contribution is 2.43. The summed E-state index contributed by atoms with van der Waals surface area (Å²) in [5.74, 6) is -1.33. The molecule has 4 aromatic rings. The predicted octanol–water partition coefficient (Wildman–Crippen LogP) is 4.87. The van der Waals surface area contributed by atoms with Crippen molar-refractivity contribution in [3.05, 3.63) is 87.1 Å². The van der Waals surface area contributed by atoms with Gasteiger partial charge < -0.3 is 10.1 Å². The number of nitrogens with zero attached hydrogens (tertiary/aromatic N) is 2. The molecule has 0 spiro atoms. The third kappa shape index (κ3) is 3.05. The number of benzene rings is 2. The molecule has 0 radical (unpaired) electrons. The number of carbonyl (C=O) groups is 2. The van der Waals surface area contributed by atoms with Crippen LogP contribution in [-0.2, 0) is 9.59 Å². The van der Waals surface area contributed by atoms with Crippen LogP contribution in [0.4, 0.5) is 5.95 Å². The quantitative estimate of drug-likeness (QED) is 0.276. The Kier molecular flexibility index (Phi) is 4.48. The van der Waals surface area contributed by atoms with Gasteiger partial charge >= 0.3 is 5.91 Å². The maximum absolute atomic E-state index is 13.2. The standard InChI is InChI=1S/C24H19N3O3S/c1-13-9-10-14(2)15(12-13)21(28)19-20(18-8-5-11-31-18)27(23(30)22(19)29)24-25-16-6-3-4-7-17(16)26-24/h3-12,20,28H,1-2H3,(H,25,26)/b21-19+. The predicted molar refractivity (Wildman–Crippen MR) is 121 cm³/mol. The number of fused-ring (bicyclic) bond motifs is 1. The molecule has 5 rings (SSSR count). The van der Waals surface area contributed by atoms with E-state index >= 15 is 0 Å². The number of aliphatic hydroxyl groups is 1. The van der Waals surface area contributed by atoms with Crippen molar-refractivity contribution in [2.75, 3.05) is 4.90 Å². The Morgan fingerprint density at radius 2 is 1.90 bits per heavy atom. The summed E-state index contributed by atoms with van der Waals surface area (Å²) in [4.78, 5) is 36.1. The van der Waals surface area contributed by atoms with Gasteiger partial charge in [-0.3, -0.25) is 14.5 Å². The van der Waals surface area contributed by atoms with E-state index in [9.17, 15) is 14.7 Å². The summed E-state index contributed by atoms with van der Waals surface area (Å²) in [5.41, 5.74) is 3.85. The van der Waals surface area contributed by atoms with E-state index in [1.807, 2.05) is 73.8 Å². The van der Waals surface area contributed by atoms with Gasteiger partial charge in [-0.2, -0.15) is 0 Å². The third-order valence-corrected chi connectivity index (χ3v) is 6.44. The number of rotatable bonds is 3. The Labute approximate surface area is 182 Å². The van der Waals surface area contributed by atoms with E-state index in [1.54, 1.807) is 0 Å². The maximum atomic E-state index is 13.2. The van der Waals surface area contributed by atoms with Gasteiger partial charge in [0.1, 0.15) is 11.8 Å². The minimum atomic E-state index is -0.763. The summed E-state index contributed by atoms with van der Waals surface area (Å²) in [6, 6.07) is 16.0. The lowest BCUT2D eigenvalue weighted by Crippen LogP contribution is -2.30. The van der Waals surface area contributed by atoms with Crippen LogP contribution in [0, 0.1) is 13.8 Å². The van der Waals surface area contributed by atoms with Crippen molar-refractivity contribution < 1.29 is 14.7 Å². The highest BCUT2D eigenvalue weighted by Gasteiger charge is 2.48. The lowest BCUT2D eigenvalue weighted by atomic mass is 9.96. The zero-order valence-corrected chi connectivity index (χ0v) is 17.7. The molecule has 154 valence electrons. The first-order valence-electron chi connectivity index (χ1n) is 9.82. The molecule has 1 saturated heterocycles. The zero-order valence-electron chi connectivity index (χ0n) is 16.9. The van der Waals surface area contributed by atoms with Gasteiger partial charge in [0.15, 0.2) is 0 Å². The second-order valence-electron chi connectivity index (χ2n) is 7.58. The Hall–Kier alpha value is -3.71. The zero-order chi connectivity index (χ0) is 21.7. The number of carbonyl (C=O) groups excluding carboxylic acids is 2. The molecular weight excluding hydrogens is 410 g/mol. The van der Waals surface area contributed by atoms with Crippen molar-refractivity contribution in [2.24, 2.45) is 0 Å². The summed E-state index contributed by atoms with van der Waals surface area (Å²) < 4.78 is 0. The number of aliphatic hydroxyl groups excluding tert-OH is 1. The molecule has 1 fully saturated rings. The van der Waals surface area contributed by atoms with Gasteiger partial charge in [-0.15, -0.1) is 11.3 Å². The molecule has 7 heteroatoms. The van der Waals surface area contributed by atoms with Crippen LogP contribution in [-0.4, -0.2) is 26.8 Å². The largest absolute Gasteiger partial charge is 0.507 e. The number of ketones is 1. The third-order valence-electron chi connectivity index (χ3n) is 5.51. The number of thiophene rings is 1. The molecule has 31 heavy (non-hydrogen) atoms. The lowest BCUT2D eigenvalue weighted by Gasteiger charge is -2.21. The van der Waals surface area contributed by atoms with Crippen LogP contribution in [0.25, 0.3) is 16.8 Å². The second-order valence-corrected chi connectivity index (χ2v) is 8.56. The van der Waals surface area contributed by atoms with Crippen LogP contribution in [0.3, 0.4) is 0 Å². The summed E-state index contributed by atoms with van der Waals surface area (Å²) in [5, 5.41) is 13.1. The van der Waals surface area contributed by atoms with E-state index in [1.165, 1.54) is 16.2 Å². The maximum Gasteiger partial charge on any atom is 0.302 e. The number of hydrogen-bond donors (Lipinski definition) is 2. The van der Waals surface area contributed by atoms with Gasteiger partial charge in [-0.1, -0.05) is 35.9 Å². The van der Waals surface area contributed by atoms with Gasteiger partial charge in [0.25, 0.3) is 5.78 Å². The second kappa shape index (κ2) is 7.21. The molecule has 1 unspecified atom stereocenters. The van der Waals surface area contributed by atoms with Crippen molar-refractivity contribution in [1.29, 1.82) is 0 Å². The number of Topliss-reactive ketones (excluding diaryl/α,β-unsaturated/α-hetero) is 1. The normalized spacial score (nSPS) is 18.3. The number of aromatic nitrogens is 2. The average molecular weight is 430 g/mol. The van der Waals surface area contributed by atoms with E-state index in [4.69, 9.17) is 0 Å². The summed E-state index contributed by atoms with van der Waals surface area (Å²) in [6.07, 6.45) is 0. The van der Waals surface area contributed by atoms with E-state index in [0.717, 1.165) is 21.5 Å². The Balaban J connectivity index is 1.74. The smallest absolute Gasteiger partial charge is 0.302 e. The minimum Gasteiger partial charge on any atom is -0.507 e. The van der Waals surface area contributed by atoms with Crippen LogP contribution in [0.15, 0.2) is 65.6 Å². The number of aryl methyl sites for hydroxylation is 2. The molecule has 3 heterocycles. The van der Waals surface area contributed by atoms with Crippen molar-refractivity contribution in [1.82, 2.24) is 9.97 Å². The van der Waals surface area contributed by atoms with Crippen LogP contribution < -0.4 is 4.90 Å². The first-order chi connectivity index (χ1) is 15.0. The Bertz CT molecular complexity index is 1340. The molecule has 0 aliphatic carbocycles. The van der Waals surface area contributed by atoms with Gasteiger partial charge in [0, 0.05) is 10.4 Å². The molecule has 0 bridgehead atoms. The Morgan fingerprint density at radius 3 is 2.65 bits per heavy atom. The summed E-state index contributed by atoms with van der Waals surface area (Å²) in [6.45, 7) is 3.78. The molecule has 1 amide bonds. The first-order valence-corrected chi connectivity index (χ1v) is 10.7. The number of hydrogen-bond acceptors (Lipinski definition) is 5. The fourth-order valence-corrected chi connectivity index (χ4v) is 4.78. The van der Waals surface area contributed by atoms with Crippen molar-refractivity contribution in [2.45, 2.75) is 19.9 Å². The monoisotopic (exact) mass is 429 g/mol. The minimum absolute atomic E-state index is 0.0709. The molecule has 2 N–H and O–H groups in total. The summed E-state index contributed by atoms with van der Waals surface area (Å²) in [7, 11) is 0. The van der Waals surface area contributed by atoms with Gasteiger partial charge in [-0.05, 0) is 49.1 Å². The van der Waals surface area contributed by atoms with Crippen LogP contribution >= 0.6 is 11.3 Å². The fraction of sp³-hybridized carbons (Fsp3) is 0.125. The molecule has 0 saturated carbocycles. The number of amides is 1. The number of H-pyrrole nitrogens is 1. The lowest BCUT2D eigenvalue weighted by molar-refractivity contribution is -0.132. The SMILES string of the molecule is Cc1ccc(C)c(/C(O)=C2\C(=O)C(=O)N(c3nc4ccccc4[nH]3)C2c2cccs2)c1. The van der Waals surface area contributed by atoms with E-state index in [2.05, 4.69) is 9.97 Å². The number of imidazole rings is 1. The molecule has 6 nitrogen and oxygen atoms in total. The fourth-order valence-electron chi connectivity index (χ4n) is 3.96. The van der Waals surface area contributed by atoms with Crippen LogP contribution in [0.1, 0.15) is 27.6 Å². The van der Waals surface area contributed by atoms with E-state index in [0.29, 0.717) is 11.1 Å². The first kappa shape index (κ1) is 19.3. The Morgan fingerprint density at radius 1 is 1.10 bits per heavy atom. The molecular formula is C24H19N3O3S. The molecule has 1 aliphatic rings. The topological polar surface area (TPSA) is 86.3 Å².